The lowest BCUT2D eigenvalue weighted by molar-refractivity contribution is -0.132. The van der Waals surface area contributed by atoms with Crippen molar-refractivity contribution in [2.45, 2.75) is 45.4 Å². The highest BCUT2D eigenvalue weighted by Crippen LogP contribution is 2.22. The minimum Gasteiger partial charge on any atom is -0.343 e. The maximum Gasteiger partial charge on any atom is 0.251 e. The van der Waals surface area contributed by atoms with Crippen LogP contribution in [-0.4, -0.2) is 39.6 Å². The van der Waals surface area contributed by atoms with Crippen molar-refractivity contribution < 1.29 is 14.0 Å². The van der Waals surface area contributed by atoms with E-state index in [1.807, 2.05) is 6.92 Å². The van der Waals surface area contributed by atoms with E-state index in [0.29, 0.717) is 63.0 Å². The van der Waals surface area contributed by atoms with E-state index < -0.39 is 0 Å². The number of amides is 1. The molecule has 1 aromatic heterocycles. The van der Waals surface area contributed by atoms with Gasteiger partial charge in [0.15, 0.2) is 5.78 Å². The summed E-state index contributed by atoms with van der Waals surface area (Å²) in [6.07, 6.45) is 3.49. The Morgan fingerprint density at radius 2 is 1.90 bits per heavy atom. The third kappa shape index (κ3) is 5.59. The zero-order valence-corrected chi connectivity index (χ0v) is 16.6. The Balaban J connectivity index is 1.45. The van der Waals surface area contributed by atoms with Crippen molar-refractivity contribution in [1.29, 1.82) is 0 Å². The molecule has 2 aromatic rings. The molecule has 3 rings (SSSR count). The first-order valence-electron chi connectivity index (χ1n) is 10.1. The molecule has 1 amide bonds. The number of carbonyl (C=O) groups is 2. The molecule has 7 heteroatoms. The zero-order chi connectivity index (χ0) is 20.8. The maximum absolute atomic E-state index is 13.0. The van der Waals surface area contributed by atoms with Crippen molar-refractivity contribution in [3.05, 3.63) is 63.6 Å². The number of hydrogen-bond donors (Lipinski definition) is 1. The second kappa shape index (κ2) is 9.58. The predicted molar refractivity (Wildman–Crippen MR) is 107 cm³/mol. The fourth-order valence-electron chi connectivity index (χ4n) is 3.67. The number of Topliss-reactive ketones (excluding diaryl/α,β-unsaturated/α-hetero) is 1. The van der Waals surface area contributed by atoms with Crippen LogP contribution in [0.15, 0.2) is 35.1 Å². The number of nitrogens with zero attached hydrogens (tertiary/aromatic N) is 2. The fourth-order valence-corrected chi connectivity index (χ4v) is 3.67. The van der Waals surface area contributed by atoms with Crippen LogP contribution >= 0.6 is 0 Å². The van der Waals surface area contributed by atoms with E-state index in [9.17, 15) is 18.8 Å². The van der Waals surface area contributed by atoms with Gasteiger partial charge in [0.25, 0.3) is 5.56 Å². The number of benzene rings is 1. The molecule has 6 nitrogen and oxygen atoms in total. The summed E-state index contributed by atoms with van der Waals surface area (Å²) in [7, 11) is 0. The first kappa shape index (κ1) is 20.9. The zero-order valence-electron chi connectivity index (χ0n) is 16.6. The third-order valence-corrected chi connectivity index (χ3v) is 5.36. The Kier molecular flexibility index (Phi) is 6.90. The molecular formula is C22H26FN3O3. The van der Waals surface area contributed by atoms with Crippen molar-refractivity contribution in [2.24, 2.45) is 5.92 Å². The average Bonchev–Trinajstić information content (AvgIpc) is 2.73. The molecule has 0 radical (unpaired) electrons. The van der Waals surface area contributed by atoms with Gasteiger partial charge in [0.05, 0.1) is 0 Å². The minimum absolute atomic E-state index is 0.0166. The van der Waals surface area contributed by atoms with Gasteiger partial charge in [0.2, 0.25) is 5.91 Å². The van der Waals surface area contributed by atoms with E-state index in [1.165, 1.54) is 30.3 Å². The van der Waals surface area contributed by atoms with Crippen molar-refractivity contribution >= 4 is 11.7 Å². The van der Waals surface area contributed by atoms with Crippen LogP contribution in [0.1, 0.15) is 54.5 Å². The Bertz CT molecular complexity index is 916. The van der Waals surface area contributed by atoms with Crippen LogP contribution in [0.4, 0.5) is 4.39 Å². The summed E-state index contributed by atoms with van der Waals surface area (Å²) in [5.74, 6) is 0.207. The number of H-pyrrole nitrogens is 1. The SMILES string of the molecule is CCc1cc(=O)[nH]c(CCCC(=O)N2CCC(C(=O)c3ccc(F)cc3)CC2)n1. The molecule has 1 N–H and O–H groups in total. The van der Waals surface area contributed by atoms with Gasteiger partial charge in [0.1, 0.15) is 11.6 Å². The number of aryl methyl sites for hydroxylation is 2. The molecule has 1 aliphatic heterocycles. The van der Waals surface area contributed by atoms with Crippen LogP contribution in [0.2, 0.25) is 0 Å². The van der Waals surface area contributed by atoms with Gasteiger partial charge in [-0.3, -0.25) is 14.4 Å². The Morgan fingerprint density at radius 1 is 1.21 bits per heavy atom. The number of carbonyl (C=O) groups excluding carboxylic acids is 2. The quantitative estimate of drug-likeness (QED) is 0.726. The lowest BCUT2D eigenvalue weighted by Gasteiger charge is -2.31. The van der Waals surface area contributed by atoms with Gasteiger partial charge >= 0.3 is 0 Å². The van der Waals surface area contributed by atoms with E-state index >= 15 is 0 Å². The van der Waals surface area contributed by atoms with Crippen LogP contribution in [0.5, 0.6) is 0 Å². The second-order valence-electron chi connectivity index (χ2n) is 7.42. The van der Waals surface area contributed by atoms with Crippen LogP contribution in [-0.2, 0) is 17.6 Å². The molecular weight excluding hydrogens is 373 g/mol. The molecule has 1 saturated heterocycles. The molecule has 29 heavy (non-hydrogen) atoms. The first-order chi connectivity index (χ1) is 14.0. The molecule has 0 atom stereocenters. The lowest BCUT2D eigenvalue weighted by atomic mass is 9.88. The van der Waals surface area contributed by atoms with E-state index in [0.717, 1.165) is 5.69 Å². The standard InChI is InChI=1S/C22H26FN3O3/c1-2-18-14-20(27)25-19(24-18)4-3-5-21(28)26-12-10-16(11-13-26)22(29)15-6-8-17(23)9-7-15/h6-9,14,16H,2-5,10-13H2,1H3,(H,24,25,27). The summed E-state index contributed by atoms with van der Waals surface area (Å²) in [5, 5.41) is 0. The fraction of sp³-hybridized carbons (Fsp3) is 0.455. The smallest absolute Gasteiger partial charge is 0.251 e. The van der Waals surface area contributed by atoms with Gasteiger partial charge in [-0.1, -0.05) is 6.92 Å². The number of aromatic amines is 1. The van der Waals surface area contributed by atoms with E-state index in [4.69, 9.17) is 0 Å². The monoisotopic (exact) mass is 399 g/mol. The summed E-state index contributed by atoms with van der Waals surface area (Å²) < 4.78 is 13.0. The Labute approximate surface area is 169 Å². The van der Waals surface area contributed by atoms with Crippen molar-refractivity contribution in [2.75, 3.05) is 13.1 Å². The minimum atomic E-state index is -0.359. The average molecular weight is 399 g/mol. The lowest BCUT2D eigenvalue weighted by Crippen LogP contribution is -2.40. The molecule has 1 fully saturated rings. The number of halogens is 1. The molecule has 0 unspecified atom stereocenters. The largest absolute Gasteiger partial charge is 0.343 e. The first-order valence-corrected chi connectivity index (χ1v) is 10.1. The van der Waals surface area contributed by atoms with E-state index in [2.05, 4.69) is 9.97 Å². The molecule has 0 bridgehead atoms. The molecule has 0 saturated carbocycles. The maximum atomic E-state index is 13.0. The summed E-state index contributed by atoms with van der Waals surface area (Å²) >= 11 is 0. The number of aromatic nitrogens is 2. The third-order valence-electron chi connectivity index (χ3n) is 5.36. The number of piperidine rings is 1. The van der Waals surface area contributed by atoms with Crippen LogP contribution < -0.4 is 5.56 Å². The van der Waals surface area contributed by atoms with Crippen molar-refractivity contribution in [1.82, 2.24) is 14.9 Å². The Morgan fingerprint density at radius 3 is 2.55 bits per heavy atom. The molecule has 154 valence electrons. The molecule has 2 heterocycles. The number of hydrogen-bond acceptors (Lipinski definition) is 4. The van der Waals surface area contributed by atoms with Crippen LogP contribution in [0.3, 0.4) is 0 Å². The van der Waals surface area contributed by atoms with Gasteiger partial charge in [-0.25, -0.2) is 9.37 Å². The molecule has 1 aliphatic rings. The predicted octanol–water partition coefficient (Wildman–Crippen LogP) is 2.92. The Hall–Kier alpha value is -2.83. The molecule has 0 aliphatic carbocycles. The van der Waals surface area contributed by atoms with Gasteiger partial charge < -0.3 is 9.88 Å². The summed E-state index contributed by atoms with van der Waals surface area (Å²) in [6.45, 7) is 3.05. The van der Waals surface area contributed by atoms with Gasteiger partial charge in [-0.05, 0) is 49.9 Å². The van der Waals surface area contributed by atoms with Crippen LogP contribution in [0, 0.1) is 11.7 Å². The van der Waals surface area contributed by atoms with Gasteiger partial charge in [-0.2, -0.15) is 0 Å². The van der Waals surface area contributed by atoms with Gasteiger partial charge in [0, 0.05) is 49.2 Å². The number of nitrogens with one attached hydrogen (secondary N) is 1. The number of ketones is 1. The topological polar surface area (TPSA) is 83.1 Å². The van der Waals surface area contributed by atoms with Crippen LogP contribution in [0.25, 0.3) is 0 Å². The van der Waals surface area contributed by atoms with Gasteiger partial charge in [-0.15, -0.1) is 0 Å². The van der Waals surface area contributed by atoms with Crippen molar-refractivity contribution in [3.8, 4) is 0 Å². The summed E-state index contributed by atoms with van der Waals surface area (Å²) in [4.78, 5) is 45.5. The molecule has 0 spiro atoms. The van der Waals surface area contributed by atoms with E-state index in [1.54, 1.807) is 4.90 Å². The highest BCUT2D eigenvalue weighted by atomic mass is 19.1. The highest BCUT2D eigenvalue weighted by Gasteiger charge is 2.27. The number of rotatable bonds is 7. The van der Waals surface area contributed by atoms with E-state index in [-0.39, 0.29) is 29.0 Å². The number of likely N-dealkylation sites (tertiary alicyclic amines) is 1. The van der Waals surface area contributed by atoms with Crippen molar-refractivity contribution in [3.63, 3.8) is 0 Å². The molecule has 1 aromatic carbocycles. The summed E-state index contributed by atoms with van der Waals surface area (Å²) in [5.41, 5.74) is 1.11. The second-order valence-corrected chi connectivity index (χ2v) is 7.42. The normalized spacial score (nSPS) is 14.8. The summed E-state index contributed by atoms with van der Waals surface area (Å²) in [6, 6.07) is 7.11. The highest BCUT2D eigenvalue weighted by molar-refractivity contribution is 5.98.